The van der Waals surface area contributed by atoms with Crippen molar-refractivity contribution in [3.05, 3.63) is 41.6 Å². The molecular weight excluding hydrogens is 286 g/mol. The van der Waals surface area contributed by atoms with Crippen molar-refractivity contribution in [3.8, 4) is 0 Å². The van der Waals surface area contributed by atoms with E-state index in [9.17, 15) is 9.90 Å². The number of aromatic carboxylic acids is 1. The van der Waals surface area contributed by atoms with Crippen molar-refractivity contribution < 1.29 is 9.90 Å². The van der Waals surface area contributed by atoms with Crippen LogP contribution in [0.15, 0.2) is 35.5 Å². The van der Waals surface area contributed by atoms with Crippen LogP contribution >= 0.6 is 11.8 Å². The first-order valence-corrected chi connectivity index (χ1v) is 7.66. The highest BCUT2D eigenvalue weighted by Crippen LogP contribution is 2.22. The van der Waals surface area contributed by atoms with Crippen LogP contribution in [0.5, 0.6) is 0 Å². The van der Waals surface area contributed by atoms with Crippen LogP contribution in [0.1, 0.15) is 29.4 Å². The molecule has 0 saturated heterocycles. The Bertz CT molecular complexity index is 647. The van der Waals surface area contributed by atoms with Gasteiger partial charge in [-0.25, -0.2) is 14.8 Å². The molecule has 0 atom stereocenters. The third-order valence-corrected chi connectivity index (χ3v) is 3.74. The van der Waals surface area contributed by atoms with Crippen molar-refractivity contribution in [2.24, 2.45) is 0 Å². The number of nitrogens with zero attached hydrogens (tertiary/aromatic N) is 2. The maximum absolute atomic E-state index is 11.2. The van der Waals surface area contributed by atoms with Gasteiger partial charge in [-0.3, -0.25) is 0 Å². The number of carboxylic acids is 1. The average Bonchev–Trinajstić information content (AvgIpc) is 2.45. The Balaban J connectivity index is 2.27. The zero-order chi connectivity index (χ0) is 15.2. The van der Waals surface area contributed by atoms with Crippen molar-refractivity contribution in [1.82, 2.24) is 9.97 Å². The van der Waals surface area contributed by atoms with Crippen LogP contribution in [0.2, 0.25) is 0 Å². The van der Waals surface area contributed by atoms with Crippen molar-refractivity contribution in [2.75, 3.05) is 11.1 Å². The number of para-hydroxylation sites is 1. The molecule has 2 rings (SSSR count). The molecule has 0 saturated carbocycles. The summed E-state index contributed by atoms with van der Waals surface area (Å²) in [6.45, 7) is 4.00. The Kier molecular flexibility index (Phi) is 5.16. The Morgan fingerprint density at radius 1 is 1.33 bits per heavy atom. The molecule has 110 valence electrons. The summed E-state index contributed by atoms with van der Waals surface area (Å²) in [5.74, 6) is 0.591. The van der Waals surface area contributed by atoms with Crippen molar-refractivity contribution in [2.45, 2.75) is 25.4 Å². The SMILES string of the molecule is CCCSc1nc(C)cc(Nc2ccccc2C(=O)O)n1. The minimum Gasteiger partial charge on any atom is -0.478 e. The normalized spacial score (nSPS) is 10.4. The summed E-state index contributed by atoms with van der Waals surface area (Å²) < 4.78 is 0. The number of aromatic nitrogens is 2. The van der Waals surface area contributed by atoms with Gasteiger partial charge in [0.25, 0.3) is 0 Å². The van der Waals surface area contributed by atoms with Crippen LogP contribution in [0, 0.1) is 6.92 Å². The van der Waals surface area contributed by atoms with E-state index < -0.39 is 5.97 Å². The molecule has 0 spiro atoms. The lowest BCUT2D eigenvalue weighted by Gasteiger charge is -2.10. The molecule has 0 aliphatic heterocycles. The van der Waals surface area contributed by atoms with E-state index in [0.717, 1.165) is 17.9 Å². The van der Waals surface area contributed by atoms with E-state index in [0.29, 0.717) is 16.7 Å². The van der Waals surface area contributed by atoms with E-state index in [2.05, 4.69) is 22.2 Å². The summed E-state index contributed by atoms with van der Waals surface area (Å²) in [6, 6.07) is 8.57. The summed E-state index contributed by atoms with van der Waals surface area (Å²) >= 11 is 1.59. The van der Waals surface area contributed by atoms with Crippen LogP contribution in [0.25, 0.3) is 0 Å². The summed E-state index contributed by atoms with van der Waals surface area (Å²) in [6.07, 6.45) is 1.05. The van der Waals surface area contributed by atoms with E-state index in [1.54, 1.807) is 42.1 Å². The number of rotatable bonds is 6. The molecule has 0 unspecified atom stereocenters. The van der Waals surface area contributed by atoms with E-state index in [4.69, 9.17) is 0 Å². The topological polar surface area (TPSA) is 75.1 Å². The minimum absolute atomic E-state index is 0.219. The lowest BCUT2D eigenvalue weighted by molar-refractivity contribution is 0.0698. The molecule has 0 fully saturated rings. The highest BCUT2D eigenvalue weighted by Gasteiger charge is 2.10. The lowest BCUT2D eigenvalue weighted by Crippen LogP contribution is -2.04. The predicted molar refractivity (Wildman–Crippen MR) is 84.5 cm³/mol. The van der Waals surface area contributed by atoms with Gasteiger partial charge < -0.3 is 10.4 Å². The van der Waals surface area contributed by atoms with Gasteiger partial charge in [0.2, 0.25) is 0 Å². The average molecular weight is 303 g/mol. The van der Waals surface area contributed by atoms with Crippen LogP contribution in [-0.4, -0.2) is 26.8 Å². The summed E-state index contributed by atoms with van der Waals surface area (Å²) in [5, 5.41) is 13.0. The first-order valence-electron chi connectivity index (χ1n) is 6.68. The van der Waals surface area contributed by atoms with Crippen molar-refractivity contribution in [3.63, 3.8) is 0 Å². The number of hydrogen-bond acceptors (Lipinski definition) is 5. The van der Waals surface area contributed by atoms with Crippen molar-refractivity contribution >= 4 is 29.2 Å². The van der Waals surface area contributed by atoms with Gasteiger partial charge in [0, 0.05) is 17.5 Å². The first kappa shape index (κ1) is 15.3. The molecule has 5 nitrogen and oxygen atoms in total. The maximum Gasteiger partial charge on any atom is 0.337 e. The number of aryl methyl sites for hydroxylation is 1. The number of carbonyl (C=O) groups is 1. The fourth-order valence-electron chi connectivity index (χ4n) is 1.78. The molecule has 1 aromatic heterocycles. The largest absolute Gasteiger partial charge is 0.478 e. The molecule has 2 N–H and O–H groups in total. The highest BCUT2D eigenvalue weighted by molar-refractivity contribution is 7.99. The lowest BCUT2D eigenvalue weighted by atomic mass is 10.2. The van der Waals surface area contributed by atoms with Gasteiger partial charge in [-0.05, 0) is 25.5 Å². The molecule has 0 radical (unpaired) electrons. The monoisotopic (exact) mass is 303 g/mol. The molecule has 1 aromatic carbocycles. The molecular formula is C15H17N3O2S. The second kappa shape index (κ2) is 7.08. The van der Waals surface area contributed by atoms with E-state index >= 15 is 0 Å². The molecule has 1 heterocycles. The van der Waals surface area contributed by atoms with Gasteiger partial charge >= 0.3 is 5.97 Å². The van der Waals surface area contributed by atoms with Gasteiger partial charge in [-0.15, -0.1) is 0 Å². The van der Waals surface area contributed by atoms with Crippen LogP contribution in [0.4, 0.5) is 11.5 Å². The molecule has 2 aromatic rings. The number of nitrogens with one attached hydrogen (secondary N) is 1. The molecule has 0 aliphatic rings. The summed E-state index contributed by atoms with van der Waals surface area (Å²) in [4.78, 5) is 20.0. The first-order chi connectivity index (χ1) is 10.1. The number of anilines is 2. The standard InChI is InChI=1S/C15H17N3O2S/c1-3-8-21-15-16-10(2)9-13(18-15)17-12-7-5-4-6-11(12)14(19)20/h4-7,9H,3,8H2,1-2H3,(H,19,20)(H,16,17,18). The second-order valence-corrected chi connectivity index (χ2v) is 5.56. The van der Waals surface area contributed by atoms with Gasteiger partial charge in [-0.1, -0.05) is 30.8 Å². The summed E-state index contributed by atoms with van der Waals surface area (Å²) in [5.41, 5.74) is 1.59. The summed E-state index contributed by atoms with van der Waals surface area (Å²) in [7, 11) is 0. The van der Waals surface area contributed by atoms with Crippen LogP contribution < -0.4 is 5.32 Å². The predicted octanol–water partition coefficient (Wildman–Crippen LogP) is 3.73. The quantitative estimate of drug-likeness (QED) is 0.625. The van der Waals surface area contributed by atoms with Gasteiger partial charge in [0.05, 0.1) is 11.3 Å². The van der Waals surface area contributed by atoms with E-state index in [1.165, 1.54) is 0 Å². The second-order valence-electron chi connectivity index (χ2n) is 4.50. The fourth-order valence-corrected chi connectivity index (χ4v) is 2.54. The molecule has 0 bridgehead atoms. The van der Waals surface area contributed by atoms with Crippen LogP contribution in [0.3, 0.4) is 0 Å². The van der Waals surface area contributed by atoms with E-state index in [1.807, 2.05) is 6.92 Å². The number of carboxylic acid groups (broad SMARTS) is 1. The fraction of sp³-hybridized carbons (Fsp3) is 0.267. The van der Waals surface area contributed by atoms with Crippen molar-refractivity contribution in [1.29, 1.82) is 0 Å². The third kappa shape index (κ3) is 4.19. The molecule has 6 heteroatoms. The van der Waals surface area contributed by atoms with Gasteiger partial charge in [0.1, 0.15) is 5.82 Å². The van der Waals surface area contributed by atoms with Crippen LogP contribution in [-0.2, 0) is 0 Å². The zero-order valence-electron chi connectivity index (χ0n) is 12.0. The zero-order valence-corrected chi connectivity index (χ0v) is 12.8. The molecule has 0 aliphatic carbocycles. The Labute approximate surface area is 127 Å². The number of benzene rings is 1. The molecule has 21 heavy (non-hydrogen) atoms. The Morgan fingerprint density at radius 3 is 2.81 bits per heavy atom. The Hall–Kier alpha value is -2.08. The third-order valence-electron chi connectivity index (χ3n) is 2.69. The maximum atomic E-state index is 11.2. The van der Waals surface area contributed by atoms with E-state index in [-0.39, 0.29) is 5.56 Å². The van der Waals surface area contributed by atoms with Gasteiger partial charge in [0.15, 0.2) is 5.16 Å². The number of thioether (sulfide) groups is 1. The smallest absolute Gasteiger partial charge is 0.337 e. The minimum atomic E-state index is -0.968. The van der Waals surface area contributed by atoms with Gasteiger partial charge in [-0.2, -0.15) is 0 Å². The highest BCUT2D eigenvalue weighted by atomic mass is 32.2. The number of hydrogen-bond donors (Lipinski definition) is 2. The Morgan fingerprint density at radius 2 is 2.10 bits per heavy atom. The molecule has 0 amide bonds.